The van der Waals surface area contributed by atoms with Crippen molar-refractivity contribution in [1.29, 1.82) is 0 Å². The second kappa shape index (κ2) is 4.79. The predicted molar refractivity (Wildman–Crippen MR) is 73.0 cm³/mol. The van der Waals surface area contributed by atoms with Crippen LogP contribution in [0.5, 0.6) is 0 Å². The largest absolute Gasteiger partial charge is 0.323 e. The molecule has 94 valence electrons. The first kappa shape index (κ1) is 12.6. The van der Waals surface area contributed by atoms with Gasteiger partial charge in [0.2, 0.25) is 0 Å². The van der Waals surface area contributed by atoms with Gasteiger partial charge in [-0.15, -0.1) is 0 Å². The molecular weight excluding hydrogens is 208 g/mol. The number of aryl methyl sites for hydroxylation is 2. The van der Waals surface area contributed by atoms with Crippen LogP contribution < -0.4 is 5.73 Å². The average molecular weight is 232 g/mol. The molecule has 0 saturated carbocycles. The molecule has 0 amide bonds. The SMILES string of the molecule is CCCC1(N)CN(Cc2cc(C)ccc2C)C1. The molecule has 0 spiro atoms. The van der Waals surface area contributed by atoms with Crippen LogP contribution in [0.25, 0.3) is 0 Å². The van der Waals surface area contributed by atoms with Crippen molar-refractivity contribution in [2.45, 2.75) is 45.7 Å². The van der Waals surface area contributed by atoms with Gasteiger partial charge < -0.3 is 5.73 Å². The third kappa shape index (κ3) is 2.88. The summed E-state index contributed by atoms with van der Waals surface area (Å²) in [4.78, 5) is 2.46. The Hall–Kier alpha value is -0.860. The van der Waals surface area contributed by atoms with Gasteiger partial charge in [0, 0.05) is 25.2 Å². The summed E-state index contributed by atoms with van der Waals surface area (Å²) in [7, 11) is 0. The molecule has 2 nitrogen and oxygen atoms in total. The first-order valence-electron chi connectivity index (χ1n) is 6.60. The molecule has 1 aliphatic heterocycles. The first-order valence-corrected chi connectivity index (χ1v) is 6.60. The van der Waals surface area contributed by atoms with Crippen molar-refractivity contribution in [2.24, 2.45) is 5.73 Å². The Balaban J connectivity index is 1.93. The molecule has 0 radical (unpaired) electrons. The Labute approximate surface area is 105 Å². The van der Waals surface area contributed by atoms with Gasteiger partial charge in [0.15, 0.2) is 0 Å². The topological polar surface area (TPSA) is 29.3 Å². The van der Waals surface area contributed by atoms with E-state index in [1.807, 2.05) is 0 Å². The summed E-state index contributed by atoms with van der Waals surface area (Å²) in [5.41, 5.74) is 10.6. The van der Waals surface area contributed by atoms with Crippen molar-refractivity contribution in [3.8, 4) is 0 Å². The van der Waals surface area contributed by atoms with Crippen LogP contribution in [0.3, 0.4) is 0 Å². The summed E-state index contributed by atoms with van der Waals surface area (Å²) in [6, 6.07) is 6.69. The van der Waals surface area contributed by atoms with Gasteiger partial charge in [-0.3, -0.25) is 4.90 Å². The fraction of sp³-hybridized carbons (Fsp3) is 0.600. The number of nitrogens with zero attached hydrogens (tertiary/aromatic N) is 1. The van der Waals surface area contributed by atoms with Gasteiger partial charge in [0.05, 0.1) is 0 Å². The number of nitrogens with two attached hydrogens (primary N) is 1. The summed E-state index contributed by atoms with van der Waals surface area (Å²) in [5, 5.41) is 0. The molecular formula is C15H24N2. The number of likely N-dealkylation sites (tertiary alicyclic amines) is 1. The van der Waals surface area contributed by atoms with Crippen molar-refractivity contribution >= 4 is 0 Å². The molecule has 1 saturated heterocycles. The number of hydrogen-bond donors (Lipinski definition) is 1. The van der Waals surface area contributed by atoms with E-state index in [0.29, 0.717) is 0 Å². The number of rotatable bonds is 4. The average Bonchev–Trinajstić information content (AvgIpc) is 2.21. The van der Waals surface area contributed by atoms with Gasteiger partial charge in [-0.1, -0.05) is 37.1 Å². The van der Waals surface area contributed by atoms with Crippen LogP contribution in [-0.4, -0.2) is 23.5 Å². The highest BCUT2D eigenvalue weighted by Crippen LogP contribution is 2.25. The quantitative estimate of drug-likeness (QED) is 0.864. The van der Waals surface area contributed by atoms with E-state index in [4.69, 9.17) is 5.73 Å². The monoisotopic (exact) mass is 232 g/mol. The Morgan fingerprint density at radius 3 is 2.65 bits per heavy atom. The lowest BCUT2D eigenvalue weighted by molar-refractivity contribution is 0.0566. The van der Waals surface area contributed by atoms with Crippen molar-refractivity contribution in [3.05, 3.63) is 34.9 Å². The number of hydrogen-bond acceptors (Lipinski definition) is 2. The molecule has 1 aromatic rings. The Bertz CT molecular complexity index is 392. The molecule has 2 rings (SSSR count). The van der Waals surface area contributed by atoms with Crippen molar-refractivity contribution < 1.29 is 0 Å². The van der Waals surface area contributed by atoms with Crippen LogP contribution in [0.4, 0.5) is 0 Å². The predicted octanol–water partition coefficient (Wildman–Crippen LogP) is 2.62. The molecule has 1 heterocycles. The minimum absolute atomic E-state index is 0.0898. The van der Waals surface area contributed by atoms with Gasteiger partial charge in [0.1, 0.15) is 0 Å². The van der Waals surface area contributed by atoms with Crippen molar-refractivity contribution in [3.63, 3.8) is 0 Å². The minimum atomic E-state index is 0.0898. The summed E-state index contributed by atoms with van der Waals surface area (Å²) in [6.45, 7) is 9.71. The van der Waals surface area contributed by atoms with Crippen LogP contribution in [0.2, 0.25) is 0 Å². The van der Waals surface area contributed by atoms with Crippen molar-refractivity contribution in [2.75, 3.05) is 13.1 Å². The smallest absolute Gasteiger partial charge is 0.0412 e. The third-order valence-corrected chi connectivity index (χ3v) is 3.72. The van der Waals surface area contributed by atoms with E-state index in [1.54, 1.807) is 0 Å². The summed E-state index contributed by atoms with van der Waals surface area (Å²) < 4.78 is 0. The molecule has 0 unspecified atom stereocenters. The second-order valence-electron chi connectivity index (χ2n) is 5.69. The van der Waals surface area contributed by atoms with E-state index in [9.17, 15) is 0 Å². The van der Waals surface area contributed by atoms with Gasteiger partial charge in [0.25, 0.3) is 0 Å². The first-order chi connectivity index (χ1) is 8.02. The summed E-state index contributed by atoms with van der Waals surface area (Å²) in [6.07, 6.45) is 2.34. The molecule has 0 aromatic heterocycles. The summed E-state index contributed by atoms with van der Waals surface area (Å²) in [5.74, 6) is 0. The highest BCUT2D eigenvalue weighted by Gasteiger charge is 2.38. The van der Waals surface area contributed by atoms with E-state index < -0.39 is 0 Å². The molecule has 1 aromatic carbocycles. The van der Waals surface area contributed by atoms with Gasteiger partial charge >= 0.3 is 0 Å². The normalized spacial score (nSPS) is 19.1. The summed E-state index contributed by atoms with van der Waals surface area (Å²) >= 11 is 0. The lowest BCUT2D eigenvalue weighted by Gasteiger charge is -2.48. The van der Waals surface area contributed by atoms with E-state index >= 15 is 0 Å². The molecule has 1 fully saturated rings. The maximum absolute atomic E-state index is 6.28. The minimum Gasteiger partial charge on any atom is -0.323 e. The number of benzene rings is 1. The Kier molecular flexibility index (Phi) is 3.55. The van der Waals surface area contributed by atoms with E-state index in [-0.39, 0.29) is 5.54 Å². The van der Waals surface area contributed by atoms with Crippen LogP contribution >= 0.6 is 0 Å². The Morgan fingerprint density at radius 1 is 1.29 bits per heavy atom. The van der Waals surface area contributed by atoms with Crippen LogP contribution in [0, 0.1) is 13.8 Å². The van der Waals surface area contributed by atoms with Crippen LogP contribution in [0.15, 0.2) is 18.2 Å². The standard InChI is InChI=1S/C15H24N2/c1-4-7-15(16)10-17(11-15)9-14-8-12(2)5-6-13(14)3/h5-6,8H,4,7,9-11,16H2,1-3H3. The molecule has 0 aliphatic carbocycles. The van der Waals surface area contributed by atoms with Gasteiger partial charge in [-0.2, -0.15) is 0 Å². The van der Waals surface area contributed by atoms with Crippen molar-refractivity contribution in [1.82, 2.24) is 4.90 Å². The lowest BCUT2D eigenvalue weighted by atomic mass is 9.86. The lowest BCUT2D eigenvalue weighted by Crippen LogP contribution is -2.66. The second-order valence-corrected chi connectivity index (χ2v) is 5.69. The molecule has 2 heteroatoms. The molecule has 0 atom stereocenters. The van der Waals surface area contributed by atoms with Gasteiger partial charge in [-0.25, -0.2) is 0 Å². The molecule has 1 aliphatic rings. The van der Waals surface area contributed by atoms with Crippen LogP contribution in [-0.2, 0) is 6.54 Å². The highest BCUT2D eigenvalue weighted by molar-refractivity contribution is 5.30. The van der Waals surface area contributed by atoms with E-state index in [1.165, 1.54) is 23.1 Å². The van der Waals surface area contributed by atoms with Gasteiger partial charge in [-0.05, 0) is 31.4 Å². The maximum atomic E-state index is 6.28. The zero-order valence-electron chi connectivity index (χ0n) is 11.3. The van der Waals surface area contributed by atoms with E-state index in [2.05, 4.69) is 43.9 Å². The molecule has 2 N–H and O–H groups in total. The third-order valence-electron chi connectivity index (χ3n) is 3.72. The van der Waals surface area contributed by atoms with Crippen LogP contribution in [0.1, 0.15) is 36.5 Å². The highest BCUT2D eigenvalue weighted by atomic mass is 15.2. The maximum Gasteiger partial charge on any atom is 0.0412 e. The fourth-order valence-corrected chi connectivity index (χ4v) is 2.82. The fourth-order valence-electron chi connectivity index (χ4n) is 2.82. The molecule has 17 heavy (non-hydrogen) atoms. The zero-order valence-corrected chi connectivity index (χ0v) is 11.3. The van der Waals surface area contributed by atoms with E-state index in [0.717, 1.165) is 26.1 Å². The molecule has 0 bridgehead atoms. The Morgan fingerprint density at radius 2 is 2.00 bits per heavy atom. The zero-order chi connectivity index (χ0) is 12.5.